The zero-order valence-corrected chi connectivity index (χ0v) is 10.6. The highest BCUT2D eigenvalue weighted by atomic mass is 19.1. The first kappa shape index (κ1) is 13.4. The summed E-state index contributed by atoms with van der Waals surface area (Å²) in [5.41, 5.74) is 0.631. The molecule has 0 radical (unpaired) electrons. The summed E-state index contributed by atoms with van der Waals surface area (Å²) in [7, 11) is 0. The summed E-state index contributed by atoms with van der Waals surface area (Å²) in [4.78, 5) is 12.0. The van der Waals surface area contributed by atoms with Gasteiger partial charge in [0.1, 0.15) is 11.6 Å². The Labute approximate surface area is 109 Å². The minimum absolute atomic E-state index is 0.0933. The van der Waals surface area contributed by atoms with E-state index < -0.39 is 11.6 Å². The zero-order chi connectivity index (χ0) is 13.8. The Balaban J connectivity index is 2.11. The predicted molar refractivity (Wildman–Crippen MR) is 66.9 cm³/mol. The van der Waals surface area contributed by atoms with Crippen molar-refractivity contribution in [2.45, 2.75) is 26.3 Å². The van der Waals surface area contributed by atoms with E-state index >= 15 is 0 Å². The van der Waals surface area contributed by atoms with Crippen molar-refractivity contribution in [1.29, 1.82) is 0 Å². The van der Waals surface area contributed by atoms with Crippen molar-refractivity contribution in [1.82, 2.24) is 9.78 Å². The van der Waals surface area contributed by atoms with Crippen molar-refractivity contribution in [2.24, 2.45) is 0 Å². The molecule has 0 saturated heterocycles. The summed E-state index contributed by atoms with van der Waals surface area (Å²) < 4.78 is 27.9. The molecule has 1 aromatic heterocycles. The molecule has 0 aliphatic carbocycles. The Bertz CT molecular complexity index is 593. The minimum atomic E-state index is -0.700. The lowest BCUT2D eigenvalue weighted by atomic mass is 10.1. The summed E-state index contributed by atoms with van der Waals surface area (Å²) in [6.45, 7) is 2.75. The van der Waals surface area contributed by atoms with Crippen molar-refractivity contribution < 1.29 is 13.6 Å². The summed E-state index contributed by atoms with van der Waals surface area (Å²) >= 11 is 0. The van der Waals surface area contributed by atoms with Crippen LogP contribution in [0.15, 0.2) is 30.6 Å². The Morgan fingerprint density at radius 3 is 2.84 bits per heavy atom. The number of hydrogen-bond acceptors (Lipinski definition) is 2. The fraction of sp³-hybridized carbons (Fsp3) is 0.286. The van der Waals surface area contributed by atoms with E-state index in [2.05, 4.69) is 5.10 Å². The standard InChI is InChI=1S/C14H14F2N2O/c1-2-5-18-9-11(8-17-18)14(19)6-10-3-4-12(15)7-13(10)16/h3-4,7-9H,2,5-6H2,1H3. The lowest BCUT2D eigenvalue weighted by Gasteiger charge is -2.01. The largest absolute Gasteiger partial charge is 0.294 e. The average Bonchev–Trinajstić information content (AvgIpc) is 2.82. The van der Waals surface area contributed by atoms with Crippen LogP contribution in [0.1, 0.15) is 29.3 Å². The number of benzene rings is 1. The third kappa shape index (κ3) is 3.24. The number of aromatic nitrogens is 2. The molecule has 5 heteroatoms. The van der Waals surface area contributed by atoms with E-state index in [4.69, 9.17) is 0 Å². The molecule has 0 atom stereocenters. The van der Waals surface area contributed by atoms with Crippen molar-refractivity contribution in [2.75, 3.05) is 0 Å². The quantitative estimate of drug-likeness (QED) is 0.778. The highest BCUT2D eigenvalue weighted by molar-refractivity contribution is 5.97. The summed E-state index contributed by atoms with van der Waals surface area (Å²) in [6.07, 6.45) is 3.94. The van der Waals surface area contributed by atoms with E-state index in [1.807, 2.05) is 6.92 Å². The highest BCUT2D eigenvalue weighted by Gasteiger charge is 2.13. The number of carbonyl (C=O) groups is 1. The van der Waals surface area contributed by atoms with Gasteiger partial charge >= 0.3 is 0 Å². The normalized spacial score (nSPS) is 10.7. The van der Waals surface area contributed by atoms with Gasteiger partial charge in [-0.15, -0.1) is 0 Å². The van der Waals surface area contributed by atoms with Crippen molar-refractivity contribution in [3.05, 3.63) is 53.4 Å². The van der Waals surface area contributed by atoms with Gasteiger partial charge in [-0.25, -0.2) is 8.78 Å². The van der Waals surface area contributed by atoms with E-state index in [9.17, 15) is 13.6 Å². The number of aryl methyl sites for hydroxylation is 1. The second-order valence-electron chi connectivity index (χ2n) is 4.33. The molecule has 2 rings (SSSR count). The third-order valence-corrected chi connectivity index (χ3v) is 2.77. The highest BCUT2D eigenvalue weighted by Crippen LogP contribution is 2.13. The average molecular weight is 264 g/mol. The molecule has 19 heavy (non-hydrogen) atoms. The maximum Gasteiger partial charge on any atom is 0.170 e. The topological polar surface area (TPSA) is 34.9 Å². The number of rotatable bonds is 5. The molecule has 0 amide bonds. The number of halogens is 2. The predicted octanol–water partition coefficient (Wildman–Crippen LogP) is 3.00. The van der Waals surface area contributed by atoms with Gasteiger partial charge in [-0.05, 0) is 18.1 Å². The van der Waals surface area contributed by atoms with E-state index in [1.54, 1.807) is 10.9 Å². The molecule has 100 valence electrons. The van der Waals surface area contributed by atoms with Crippen molar-refractivity contribution in [3.63, 3.8) is 0 Å². The minimum Gasteiger partial charge on any atom is -0.294 e. The van der Waals surface area contributed by atoms with Crippen LogP contribution in [-0.4, -0.2) is 15.6 Å². The molecular weight excluding hydrogens is 250 g/mol. The number of carbonyl (C=O) groups excluding carboxylic acids is 1. The molecule has 0 spiro atoms. The van der Waals surface area contributed by atoms with Crippen LogP contribution in [0.4, 0.5) is 8.78 Å². The Morgan fingerprint density at radius 1 is 1.37 bits per heavy atom. The molecule has 1 aromatic carbocycles. The maximum atomic E-state index is 13.4. The molecule has 3 nitrogen and oxygen atoms in total. The van der Waals surface area contributed by atoms with Crippen LogP contribution in [0.3, 0.4) is 0 Å². The fourth-order valence-corrected chi connectivity index (χ4v) is 1.80. The summed E-state index contributed by atoms with van der Waals surface area (Å²) in [6, 6.07) is 3.22. The van der Waals surface area contributed by atoms with Gasteiger partial charge in [-0.2, -0.15) is 5.10 Å². The molecule has 0 unspecified atom stereocenters. The Morgan fingerprint density at radius 2 is 2.16 bits per heavy atom. The maximum absolute atomic E-state index is 13.4. The van der Waals surface area contributed by atoms with Crippen LogP contribution >= 0.6 is 0 Å². The van der Waals surface area contributed by atoms with Crippen LogP contribution in [0.2, 0.25) is 0 Å². The van der Waals surface area contributed by atoms with Crippen LogP contribution in [0, 0.1) is 11.6 Å². The van der Waals surface area contributed by atoms with Crippen LogP contribution in [0.25, 0.3) is 0 Å². The Kier molecular flexibility index (Phi) is 4.04. The number of nitrogens with zero attached hydrogens (tertiary/aromatic N) is 2. The molecule has 0 bridgehead atoms. The molecule has 0 aliphatic rings. The van der Waals surface area contributed by atoms with Gasteiger partial charge in [0, 0.05) is 25.2 Å². The van der Waals surface area contributed by atoms with Crippen LogP contribution in [0.5, 0.6) is 0 Å². The molecule has 0 saturated carbocycles. The number of Topliss-reactive ketones (excluding diaryl/α,β-unsaturated/α-hetero) is 1. The fourth-order valence-electron chi connectivity index (χ4n) is 1.80. The second-order valence-corrected chi connectivity index (χ2v) is 4.33. The lowest BCUT2D eigenvalue weighted by molar-refractivity contribution is 0.0991. The molecule has 2 aromatic rings. The molecule has 0 N–H and O–H groups in total. The summed E-state index contributed by atoms with van der Waals surface area (Å²) in [5, 5.41) is 4.05. The van der Waals surface area contributed by atoms with Gasteiger partial charge in [0.15, 0.2) is 5.78 Å². The Hall–Kier alpha value is -2.04. The zero-order valence-electron chi connectivity index (χ0n) is 10.6. The monoisotopic (exact) mass is 264 g/mol. The first-order valence-electron chi connectivity index (χ1n) is 6.09. The van der Waals surface area contributed by atoms with E-state index in [0.717, 1.165) is 25.1 Å². The number of hydrogen-bond donors (Lipinski definition) is 0. The molecule has 1 heterocycles. The van der Waals surface area contributed by atoms with Gasteiger partial charge in [0.05, 0.1) is 11.8 Å². The van der Waals surface area contributed by atoms with Crippen molar-refractivity contribution in [3.8, 4) is 0 Å². The lowest BCUT2D eigenvalue weighted by Crippen LogP contribution is -2.05. The smallest absolute Gasteiger partial charge is 0.170 e. The SMILES string of the molecule is CCCn1cc(C(=O)Cc2ccc(F)cc2F)cn1. The number of ketones is 1. The van der Waals surface area contributed by atoms with Gasteiger partial charge in [-0.3, -0.25) is 9.48 Å². The second kappa shape index (κ2) is 5.73. The van der Waals surface area contributed by atoms with Crippen molar-refractivity contribution >= 4 is 5.78 Å². The third-order valence-electron chi connectivity index (χ3n) is 2.77. The molecule has 0 aliphatic heterocycles. The van der Waals surface area contributed by atoms with Gasteiger partial charge in [0.2, 0.25) is 0 Å². The van der Waals surface area contributed by atoms with Crippen LogP contribution in [-0.2, 0) is 13.0 Å². The van der Waals surface area contributed by atoms with Gasteiger partial charge in [0.25, 0.3) is 0 Å². The van der Waals surface area contributed by atoms with Crippen LogP contribution < -0.4 is 0 Å². The van der Waals surface area contributed by atoms with E-state index in [-0.39, 0.29) is 17.8 Å². The molecular formula is C14H14F2N2O. The summed E-state index contributed by atoms with van der Waals surface area (Å²) in [5.74, 6) is -1.58. The van der Waals surface area contributed by atoms with E-state index in [0.29, 0.717) is 5.56 Å². The first-order chi connectivity index (χ1) is 9.10. The van der Waals surface area contributed by atoms with E-state index in [1.165, 1.54) is 12.3 Å². The van der Waals surface area contributed by atoms with Gasteiger partial charge in [-0.1, -0.05) is 13.0 Å². The molecule has 0 fully saturated rings. The van der Waals surface area contributed by atoms with Gasteiger partial charge < -0.3 is 0 Å². The first-order valence-corrected chi connectivity index (χ1v) is 6.09.